The van der Waals surface area contributed by atoms with Crippen molar-refractivity contribution in [2.24, 2.45) is 5.41 Å². The summed E-state index contributed by atoms with van der Waals surface area (Å²) in [5.74, 6) is 0. The smallest absolute Gasteiger partial charge is 0.0947 e. The summed E-state index contributed by atoms with van der Waals surface area (Å²) in [7, 11) is 1.85. The van der Waals surface area contributed by atoms with Gasteiger partial charge in [0.1, 0.15) is 0 Å². The molecule has 196 valence electrons. The Balaban J connectivity index is 1.36. The zero-order chi connectivity index (χ0) is 25.0. The van der Waals surface area contributed by atoms with Crippen molar-refractivity contribution in [2.45, 2.75) is 71.4 Å². The van der Waals surface area contributed by atoms with Crippen molar-refractivity contribution in [3.63, 3.8) is 0 Å². The van der Waals surface area contributed by atoms with Crippen LogP contribution >= 0.6 is 0 Å². The zero-order valence-electron chi connectivity index (χ0n) is 22.7. The van der Waals surface area contributed by atoms with Crippen LogP contribution in [-0.4, -0.2) is 57.4 Å². The number of nitrogens with zero attached hydrogens (tertiary/aromatic N) is 3. The number of rotatable bonds is 8. The Morgan fingerprint density at radius 3 is 2.36 bits per heavy atom. The first-order valence-electron chi connectivity index (χ1n) is 14.2. The fraction of sp³-hybridized carbons (Fsp3) is 0.613. The summed E-state index contributed by atoms with van der Waals surface area (Å²) < 4.78 is 10.9. The number of anilines is 2. The van der Waals surface area contributed by atoms with E-state index in [0.29, 0.717) is 11.5 Å². The SMILES string of the molecule is CCC1(CC)CC=C(c2cc(N3CCC(OC)CC3)ccc2N2CCN(Cc3ccoc3)CC2)CC1. The van der Waals surface area contributed by atoms with E-state index < -0.39 is 0 Å². The van der Waals surface area contributed by atoms with E-state index in [1.807, 2.05) is 13.4 Å². The molecule has 0 saturated carbocycles. The standard InChI is InChI=1S/C31H45N3O2/c1-4-31(5-2)13-8-26(9-14-31)29-22-27(33-15-10-28(35-3)11-16-33)6-7-30(29)34-19-17-32(18-20-34)23-25-12-21-36-24-25/h6-8,12,21-22,24,28H,4-5,9-11,13-20,23H2,1-3H3. The summed E-state index contributed by atoms with van der Waals surface area (Å²) in [6.07, 6.45) is 15.2. The van der Waals surface area contributed by atoms with Crippen LogP contribution in [0.4, 0.5) is 11.4 Å². The van der Waals surface area contributed by atoms with Crippen molar-refractivity contribution >= 4 is 16.9 Å². The third-order valence-corrected chi connectivity index (χ3v) is 9.37. The molecule has 0 bridgehead atoms. The number of methoxy groups -OCH3 is 1. The Morgan fingerprint density at radius 1 is 0.972 bits per heavy atom. The van der Waals surface area contributed by atoms with E-state index in [0.717, 1.165) is 58.7 Å². The van der Waals surface area contributed by atoms with Gasteiger partial charge in [0, 0.05) is 75.4 Å². The molecule has 0 spiro atoms. The molecule has 0 atom stereocenters. The fourth-order valence-electron chi connectivity index (χ4n) is 6.47. The number of piperazine rings is 1. The van der Waals surface area contributed by atoms with Crippen molar-refractivity contribution in [1.29, 1.82) is 0 Å². The first kappa shape index (κ1) is 25.4. The molecule has 2 fully saturated rings. The van der Waals surface area contributed by atoms with Crippen molar-refractivity contribution < 1.29 is 9.15 Å². The molecule has 3 aliphatic rings. The van der Waals surface area contributed by atoms with Gasteiger partial charge < -0.3 is 19.0 Å². The molecular weight excluding hydrogens is 446 g/mol. The largest absolute Gasteiger partial charge is 0.472 e. The lowest BCUT2D eigenvalue weighted by molar-refractivity contribution is 0.0819. The van der Waals surface area contributed by atoms with Crippen LogP contribution in [0.25, 0.3) is 5.57 Å². The van der Waals surface area contributed by atoms with Crippen LogP contribution < -0.4 is 9.80 Å². The highest BCUT2D eigenvalue weighted by atomic mass is 16.5. The minimum Gasteiger partial charge on any atom is -0.472 e. The normalized spacial score (nSPS) is 21.6. The molecule has 5 heteroatoms. The third kappa shape index (κ3) is 5.52. The fourth-order valence-corrected chi connectivity index (χ4v) is 6.47. The Kier molecular flexibility index (Phi) is 8.07. The molecule has 1 aromatic carbocycles. The van der Waals surface area contributed by atoms with Crippen molar-refractivity contribution in [3.8, 4) is 0 Å². The number of furan rings is 1. The Bertz CT molecular complexity index is 995. The molecule has 36 heavy (non-hydrogen) atoms. The van der Waals surface area contributed by atoms with Crippen LogP contribution in [0.5, 0.6) is 0 Å². The zero-order valence-corrected chi connectivity index (χ0v) is 22.7. The predicted octanol–water partition coefficient (Wildman–Crippen LogP) is 6.59. The number of piperidine rings is 1. The third-order valence-electron chi connectivity index (χ3n) is 9.37. The first-order chi connectivity index (χ1) is 17.6. The van der Waals surface area contributed by atoms with Crippen LogP contribution in [0.2, 0.25) is 0 Å². The van der Waals surface area contributed by atoms with Crippen LogP contribution in [0.15, 0.2) is 47.3 Å². The number of hydrogen-bond acceptors (Lipinski definition) is 5. The average Bonchev–Trinajstić information content (AvgIpc) is 3.46. The maximum absolute atomic E-state index is 5.62. The van der Waals surface area contributed by atoms with Gasteiger partial charge >= 0.3 is 0 Å². The van der Waals surface area contributed by atoms with E-state index in [1.54, 1.807) is 11.8 Å². The predicted molar refractivity (Wildman–Crippen MR) is 150 cm³/mol. The first-order valence-corrected chi connectivity index (χ1v) is 14.2. The summed E-state index contributed by atoms with van der Waals surface area (Å²) in [6.45, 7) is 12.2. The second-order valence-corrected chi connectivity index (χ2v) is 11.2. The number of ether oxygens (including phenoxy) is 1. The summed E-state index contributed by atoms with van der Waals surface area (Å²) in [6, 6.07) is 9.38. The quantitative estimate of drug-likeness (QED) is 0.416. The number of hydrogen-bond donors (Lipinski definition) is 0. The van der Waals surface area contributed by atoms with Crippen LogP contribution in [0.3, 0.4) is 0 Å². The Hall–Kier alpha value is -2.24. The summed E-state index contributed by atoms with van der Waals surface area (Å²) in [5.41, 5.74) is 7.63. The van der Waals surface area contributed by atoms with Crippen LogP contribution in [0, 0.1) is 5.41 Å². The number of allylic oxidation sites excluding steroid dienone is 2. The number of benzene rings is 1. The van der Waals surface area contributed by atoms with Crippen LogP contribution in [0.1, 0.15) is 69.9 Å². The van der Waals surface area contributed by atoms with Crippen molar-refractivity contribution in [1.82, 2.24) is 4.90 Å². The highest BCUT2D eigenvalue weighted by Gasteiger charge is 2.30. The van der Waals surface area contributed by atoms with Gasteiger partial charge in [-0.05, 0) is 67.4 Å². The van der Waals surface area contributed by atoms with E-state index in [-0.39, 0.29) is 0 Å². The topological polar surface area (TPSA) is 32.1 Å². The molecule has 2 aliphatic heterocycles. The summed E-state index contributed by atoms with van der Waals surface area (Å²) >= 11 is 0. The van der Waals surface area contributed by atoms with Crippen molar-refractivity contribution in [2.75, 3.05) is 56.2 Å². The van der Waals surface area contributed by atoms with Gasteiger partial charge in [-0.15, -0.1) is 0 Å². The molecule has 0 unspecified atom stereocenters. The van der Waals surface area contributed by atoms with Crippen LogP contribution in [-0.2, 0) is 11.3 Å². The highest BCUT2D eigenvalue weighted by molar-refractivity contribution is 5.80. The van der Waals surface area contributed by atoms with Gasteiger partial charge in [0.05, 0.1) is 18.6 Å². The second kappa shape index (κ2) is 11.4. The molecule has 2 aromatic rings. The molecule has 5 rings (SSSR count). The molecule has 0 amide bonds. The molecule has 1 aliphatic carbocycles. The molecule has 0 N–H and O–H groups in total. The lowest BCUT2D eigenvalue weighted by Crippen LogP contribution is -2.46. The highest BCUT2D eigenvalue weighted by Crippen LogP contribution is 2.45. The van der Waals surface area contributed by atoms with E-state index in [1.165, 1.54) is 54.6 Å². The molecular formula is C31H45N3O2. The average molecular weight is 492 g/mol. The monoisotopic (exact) mass is 491 g/mol. The van der Waals surface area contributed by atoms with Crippen molar-refractivity contribution in [3.05, 3.63) is 54.0 Å². The lowest BCUT2D eigenvalue weighted by atomic mass is 9.70. The lowest BCUT2D eigenvalue weighted by Gasteiger charge is -2.39. The van der Waals surface area contributed by atoms with Gasteiger partial charge in [-0.3, -0.25) is 4.90 Å². The molecule has 1 aromatic heterocycles. The van der Waals surface area contributed by atoms with Gasteiger partial charge in [-0.2, -0.15) is 0 Å². The minimum absolute atomic E-state index is 0.413. The van der Waals surface area contributed by atoms with Gasteiger partial charge in [-0.25, -0.2) is 0 Å². The van der Waals surface area contributed by atoms with Gasteiger partial charge in [-0.1, -0.05) is 32.8 Å². The van der Waals surface area contributed by atoms with E-state index >= 15 is 0 Å². The molecule has 2 saturated heterocycles. The van der Waals surface area contributed by atoms with Gasteiger partial charge in [0.2, 0.25) is 0 Å². The minimum atomic E-state index is 0.413. The molecule has 5 nitrogen and oxygen atoms in total. The van der Waals surface area contributed by atoms with E-state index in [4.69, 9.17) is 9.15 Å². The van der Waals surface area contributed by atoms with E-state index in [2.05, 4.69) is 58.9 Å². The van der Waals surface area contributed by atoms with E-state index in [9.17, 15) is 0 Å². The Labute approximate surface area is 218 Å². The summed E-state index contributed by atoms with van der Waals surface area (Å²) in [5, 5.41) is 0. The van der Waals surface area contributed by atoms with Gasteiger partial charge in [0.15, 0.2) is 0 Å². The maximum Gasteiger partial charge on any atom is 0.0947 e. The Morgan fingerprint density at radius 2 is 1.75 bits per heavy atom. The van der Waals surface area contributed by atoms with Gasteiger partial charge in [0.25, 0.3) is 0 Å². The molecule has 3 heterocycles. The molecule has 0 radical (unpaired) electrons. The summed E-state index contributed by atoms with van der Waals surface area (Å²) in [4.78, 5) is 7.74. The second-order valence-electron chi connectivity index (χ2n) is 11.2. The maximum atomic E-state index is 5.62.